The zero-order chi connectivity index (χ0) is 18.9. The molecule has 1 heterocycles. The lowest BCUT2D eigenvalue weighted by Gasteiger charge is -2.32. The van der Waals surface area contributed by atoms with E-state index in [-0.39, 0.29) is 16.9 Å². The first-order valence-electron chi connectivity index (χ1n) is 9.19. The number of thiocarbonyl (C=S) groups is 1. The fourth-order valence-corrected chi connectivity index (χ4v) is 3.06. The molecule has 0 radical (unpaired) electrons. The van der Waals surface area contributed by atoms with Crippen LogP contribution in [0.3, 0.4) is 0 Å². The van der Waals surface area contributed by atoms with E-state index in [2.05, 4.69) is 29.5 Å². The average Bonchev–Trinajstić information content (AvgIpc) is 2.62. The number of likely N-dealkylation sites (N-methyl/N-ethyl adjacent to an activating group) is 1. The van der Waals surface area contributed by atoms with E-state index in [0.29, 0.717) is 30.8 Å². The van der Waals surface area contributed by atoms with E-state index < -0.39 is 0 Å². The van der Waals surface area contributed by atoms with Crippen molar-refractivity contribution in [1.82, 2.24) is 15.1 Å². The molecule has 6 nitrogen and oxygen atoms in total. The minimum Gasteiger partial charge on any atom is -0.336 e. The maximum atomic E-state index is 12.8. The molecule has 1 aromatic rings. The number of carbonyl (C=O) groups excluding carboxylic acids is 2. The van der Waals surface area contributed by atoms with Gasteiger partial charge in [0.1, 0.15) is 0 Å². The number of benzene rings is 1. The van der Waals surface area contributed by atoms with Crippen molar-refractivity contribution in [3.05, 3.63) is 29.8 Å². The van der Waals surface area contributed by atoms with E-state index in [0.717, 1.165) is 32.4 Å². The molecule has 0 spiro atoms. The van der Waals surface area contributed by atoms with E-state index in [9.17, 15) is 9.59 Å². The summed E-state index contributed by atoms with van der Waals surface area (Å²) in [5.41, 5.74) is 1.19. The molecule has 2 N–H and O–H groups in total. The molecule has 0 atom stereocenters. The van der Waals surface area contributed by atoms with Crippen LogP contribution in [0, 0.1) is 0 Å². The Morgan fingerprint density at radius 3 is 2.50 bits per heavy atom. The van der Waals surface area contributed by atoms with Crippen LogP contribution in [0.1, 0.15) is 43.0 Å². The highest BCUT2D eigenvalue weighted by molar-refractivity contribution is 7.80. The van der Waals surface area contributed by atoms with Crippen molar-refractivity contribution in [2.45, 2.75) is 32.6 Å². The number of para-hydroxylation sites is 1. The predicted octanol–water partition coefficient (Wildman–Crippen LogP) is 2.47. The van der Waals surface area contributed by atoms with E-state index in [4.69, 9.17) is 12.2 Å². The molecule has 26 heavy (non-hydrogen) atoms. The van der Waals surface area contributed by atoms with E-state index in [1.165, 1.54) is 0 Å². The standard InChI is InChI=1S/C19H28N4O2S/c1-3-4-5-10-17(24)21-19(26)20-16-9-7-6-8-15(16)18(25)23-13-11-22(2)12-14-23/h6-9H,3-5,10-14H2,1-2H3,(H2,20,21,24,26). The lowest BCUT2D eigenvalue weighted by Crippen LogP contribution is -2.47. The normalized spacial score (nSPS) is 14.8. The van der Waals surface area contributed by atoms with E-state index in [1.54, 1.807) is 12.1 Å². The molecule has 0 unspecified atom stereocenters. The van der Waals surface area contributed by atoms with Gasteiger partial charge < -0.3 is 20.4 Å². The van der Waals surface area contributed by atoms with Crippen LogP contribution in [0.25, 0.3) is 0 Å². The molecule has 142 valence electrons. The van der Waals surface area contributed by atoms with Gasteiger partial charge in [0, 0.05) is 32.6 Å². The number of nitrogens with one attached hydrogen (secondary N) is 2. The van der Waals surface area contributed by atoms with Crippen molar-refractivity contribution in [1.29, 1.82) is 0 Å². The zero-order valence-corrected chi connectivity index (χ0v) is 16.4. The maximum Gasteiger partial charge on any atom is 0.256 e. The molecule has 0 saturated carbocycles. The van der Waals surface area contributed by atoms with Gasteiger partial charge in [0.2, 0.25) is 5.91 Å². The van der Waals surface area contributed by atoms with Crippen molar-refractivity contribution in [2.75, 3.05) is 38.5 Å². The Labute approximate surface area is 160 Å². The fraction of sp³-hybridized carbons (Fsp3) is 0.526. The van der Waals surface area contributed by atoms with E-state index >= 15 is 0 Å². The number of rotatable bonds is 6. The predicted molar refractivity (Wildman–Crippen MR) is 108 cm³/mol. The number of carbonyl (C=O) groups is 2. The average molecular weight is 377 g/mol. The molecule has 1 fully saturated rings. The quantitative estimate of drug-likeness (QED) is 0.590. The molecule has 0 aliphatic carbocycles. The fourth-order valence-electron chi connectivity index (χ4n) is 2.84. The highest BCUT2D eigenvalue weighted by Crippen LogP contribution is 2.18. The Balaban J connectivity index is 1.96. The summed E-state index contributed by atoms with van der Waals surface area (Å²) < 4.78 is 0. The second kappa shape index (κ2) is 10.2. The first kappa shape index (κ1) is 20.3. The molecule has 0 aromatic heterocycles. The second-order valence-corrected chi connectivity index (χ2v) is 7.01. The number of amides is 2. The molecule has 1 saturated heterocycles. The molecule has 2 amide bonds. The van der Waals surface area contributed by atoms with Crippen molar-refractivity contribution < 1.29 is 9.59 Å². The summed E-state index contributed by atoms with van der Waals surface area (Å²) in [6, 6.07) is 7.27. The molecule has 1 aliphatic rings. The highest BCUT2D eigenvalue weighted by Gasteiger charge is 2.22. The zero-order valence-electron chi connectivity index (χ0n) is 15.6. The maximum absolute atomic E-state index is 12.8. The Bertz CT molecular complexity index is 642. The Hall–Kier alpha value is -1.99. The highest BCUT2D eigenvalue weighted by atomic mass is 32.1. The van der Waals surface area contributed by atoms with Gasteiger partial charge in [-0.2, -0.15) is 0 Å². The van der Waals surface area contributed by atoms with Gasteiger partial charge in [-0.1, -0.05) is 31.9 Å². The van der Waals surface area contributed by atoms with Gasteiger partial charge in [0.15, 0.2) is 5.11 Å². The van der Waals surface area contributed by atoms with Crippen LogP contribution >= 0.6 is 12.2 Å². The number of hydrogen-bond acceptors (Lipinski definition) is 4. The number of anilines is 1. The van der Waals surface area contributed by atoms with E-state index in [1.807, 2.05) is 17.0 Å². The minimum absolute atomic E-state index is 0.0155. The van der Waals surface area contributed by atoms with Crippen molar-refractivity contribution in [3.8, 4) is 0 Å². The molecular weight excluding hydrogens is 348 g/mol. The summed E-state index contributed by atoms with van der Waals surface area (Å²) >= 11 is 5.23. The summed E-state index contributed by atoms with van der Waals surface area (Å²) in [4.78, 5) is 28.8. The van der Waals surface area contributed by atoms with Gasteiger partial charge in [-0.3, -0.25) is 9.59 Å². The van der Waals surface area contributed by atoms with Gasteiger partial charge in [-0.15, -0.1) is 0 Å². The topological polar surface area (TPSA) is 64.7 Å². The number of unbranched alkanes of at least 4 members (excludes halogenated alkanes) is 2. The summed E-state index contributed by atoms with van der Waals surface area (Å²) in [6.07, 6.45) is 3.40. The van der Waals surface area contributed by atoms with Gasteiger partial charge in [0.05, 0.1) is 11.3 Å². The third kappa shape index (κ3) is 6.07. The molecule has 0 bridgehead atoms. The van der Waals surface area contributed by atoms with Crippen molar-refractivity contribution in [2.24, 2.45) is 0 Å². The summed E-state index contributed by atoms with van der Waals surface area (Å²) in [5, 5.41) is 5.92. The number of piperazine rings is 1. The first-order valence-corrected chi connectivity index (χ1v) is 9.59. The number of nitrogens with zero attached hydrogens (tertiary/aromatic N) is 2. The van der Waals surface area contributed by atoms with Gasteiger partial charge in [-0.25, -0.2) is 0 Å². The largest absolute Gasteiger partial charge is 0.336 e. The van der Waals surface area contributed by atoms with Crippen LogP contribution in [0.5, 0.6) is 0 Å². The first-order chi connectivity index (χ1) is 12.5. The molecular formula is C19H28N4O2S. The Kier molecular flexibility index (Phi) is 8.00. The lowest BCUT2D eigenvalue weighted by molar-refractivity contribution is -0.119. The van der Waals surface area contributed by atoms with Crippen LogP contribution in [-0.2, 0) is 4.79 Å². The van der Waals surface area contributed by atoms with Crippen LogP contribution in [0.15, 0.2) is 24.3 Å². The van der Waals surface area contributed by atoms with Crippen molar-refractivity contribution >= 4 is 34.8 Å². The second-order valence-electron chi connectivity index (χ2n) is 6.60. The van der Waals surface area contributed by atoms with Crippen LogP contribution in [0.2, 0.25) is 0 Å². The molecule has 2 rings (SSSR count). The summed E-state index contributed by atoms with van der Waals surface area (Å²) in [7, 11) is 2.05. The Morgan fingerprint density at radius 1 is 1.12 bits per heavy atom. The third-order valence-corrected chi connectivity index (χ3v) is 4.66. The monoisotopic (exact) mass is 376 g/mol. The van der Waals surface area contributed by atoms with Gasteiger partial charge >= 0.3 is 0 Å². The lowest BCUT2D eigenvalue weighted by atomic mass is 10.1. The van der Waals surface area contributed by atoms with Crippen LogP contribution in [-0.4, -0.2) is 60.0 Å². The molecule has 7 heteroatoms. The SMILES string of the molecule is CCCCCC(=O)NC(=S)Nc1ccccc1C(=O)N1CCN(C)CC1. The molecule has 1 aliphatic heterocycles. The summed E-state index contributed by atoms with van der Waals surface area (Å²) in [5.74, 6) is -0.114. The van der Waals surface area contributed by atoms with Gasteiger partial charge in [-0.05, 0) is 37.8 Å². The van der Waals surface area contributed by atoms with Crippen LogP contribution in [0.4, 0.5) is 5.69 Å². The van der Waals surface area contributed by atoms with Gasteiger partial charge in [0.25, 0.3) is 5.91 Å². The third-order valence-electron chi connectivity index (χ3n) is 4.46. The van der Waals surface area contributed by atoms with Crippen molar-refractivity contribution in [3.63, 3.8) is 0 Å². The summed E-state index contributed by atoms with van der Waals surface area (Å²) in [6.45, 7) is 5.25. The number of hydrogen-bond donors (Lipinski definition) is 2. The minimum atomic E-state index is -0.0983. The Morgan fingerprint density at radius 2 is 1.81 bits per heavy atom. The smallest absolute Gasteiger partial charge is 0.256 e. The van der Waals surface area contributed by atoms with Crippen LogP contribution < -0.4 is 10.6 Å². The molecule has 1 aromatic carbocycles.